The highest BCUT2D eigenvalue weighted by molar-refractivity contribution is 7.71. The molecule has 0 atom stereocenters. The maximum atomic E-state index is 12.5. The lowest BCUT2D eigenvalue weighted by Gasteiger charge is -2.10. The van der Waals surface area contributed by atoms with Crippen molar-refractivity contribution in [3.63, 3.8) is 0 Å². The summed E-state index contributed by atoms with van der Waals surface area (Å²) >= 11 is 5.29. The number of hydrogen-bond donors (Lipinski definition) is 2. The van der Waals surface area contributed by atoms with Crippen LogP contribution in [0.5, 0.6) is 11.5 Å². The fourth-order valence-corrected chi connectivity index (χ4v) is 3.00. The van der Waals surface area contributed by atoms with Gasteiger partial charge in [-0.05, 0) is 60.6 Å². The Morgan fingerprint density at radius 1 is 1.18 bits per heavy atom. The minimum absolute atomic E-state index is 0.0691. The van der Waals surface area contributed by atoms with Gasteiger partial charge in [-0.25, -0.2) is 0 Å². The van der Waals surface area contributed by atoms with Gasteiger partial charge in [0.25, 0.3) is 0 Å². The zero-order valence-electron chi connectivity index (χ0n) is 16.0. The Kier molecular flexibility index (Phi) is 6.10. The maximum absolute atomic E-state index is 12.5. The van der Waals surface area contributed by atoms with E-state index in [1.165, 1.54) is 0 Å². The van der Waals surface area contributed by atoms with Crippen LogP contribution in [-0.2, 0) is 17.9 Å². The second-order valence-corrected chi connectivity index (χ2v) is 6.63. The molecule has 0 saturated carbocycles. The first kappa shape index (κ1) is 19.6. The van der Waals surface area contributed by atoms with E-state index in [-0.39, 0.29) is 12.5 Å². The highest BCUT2D eigenvalue weighted by Crippen LogP contribution is 2.21. The molecule has 2 aromatic carbocycles. The number of hydrogen-bond acceptors (Lipinski definition) is 5. The van der Waals surface area contributed by atoms with Crippen LogP contribution in [0.15, 0.2) is 42.5 Å². The first-order chi connectivity index (χ1) is 13.5. The molecule has 2 N–H and O–H groups in total. The average molecular weight is 398 g/mol. The fraction of sp³-hybridized carbons (Fsp3) is 0.250. The van der Waals surface area contributed by atoms with Crippen molar-refractivity contribution in [2.45, 2.75) is 20.0 Å². The second kappa shape index (κ2) is 8.71. The number of amides is 1. The number of ether oxygens (including phenoxy) is 2. The molecule has 7 nitrogen and oxygen atoms in total. The van der Waals surface area contributed by atoms with E-state index < -0.39 is 0 Å². The first-order valence-corrected chi connectivity index (χ1v) is 9.12. The third kappa shape index (κ3) is 4.40. The van der Waals surface area contributed by atoms with E-state index in [0.29, 0.717) is 17.1 Å². The molecule has 28 heavy (non-hydrogen) atoms. The summed E-state index contributed by atoms with van der Waals surface area (Å²) in [5, 5.41) is 9.92. The van der Waals surface area contributed by atoms with Gasteiger partial charge < -0.3 is 14.8 Å². The Labute approximate surface area is 168 Å². The van der Waals surface area contributed by atoms with Crippen molar-refractivity contribution in [2.75, 3.05) is 14.2 Å². The molecule has 1 amide bonds. The SMILES string of the molecule is COc1ccc(-c2n[nH]c(=S)n2CC(=O)NCc2ccc(C)c(OC)c2)cc1. The molecule has 3 rings (SSSR count). The Morgan fingerprint density at radius 2 is 1.93 bits per heavy atom. The van der Waals surface area contributed by atoms with E-state index in [0.717, 1.165) is 28.2 Å². The predicted octanol–water partition coefficient (Wildman–Crippen LogP) is 3.25. The number of methoxy groups -OCH3 is 2. The monoisotopic (exact) mass is 398 g/mol. The molecule has 1 heterocycles. The molecule has 0 radical (unpaired) electrons. The van der Waals surface area contributed by atoms with E-state index >= 15 is 0 Å². The molecule has 1 aromatic heterocycles. The molecule has 146 valence electrons. The molecule has 0 unspecified atom stereocenters. The molecular weight excluding hydrogens is 376 g/mol. The Morgan fingerprint density at radius 3 is 2.61 bits per heavy atom. The van der Waals surface area contributed by atoms with Gasteiger partial charge in [0.05, 0.1) is 14.2 Å². The lowest BCUT2D eigenvalue weighted by atomic mass is 10.1. The van der Waals surface area contributed by atoms with Crippen LogP contribution in [0.4, 0.5) is 0 Å². The molecule has 0 saturated heterocycles. The van der Waals surface area contributed by atoms with E-state index in [1.807, 2.05) is 49.4 Å². The average Bonchev–Trinajstić information content (AvgIpc) is 3.07. The number of carbonyl (C=O) groups excluding carboxylic acids is 1. The molecule has 0 bridgehead atoms. The van der Waals surface area contributed by atoms with Gasteiger partial charge >= 0.3 is 0 Å². The number of nitrogens with one attached hydrogen (secondary N) is 2. The van der Waals surface area contributed by atoms with Crippen LogP contribution >= 0.6 is 12.2 Å². The number of aromatic amines is 1. The summed E-state index contributed by atoms with van der Waals surface area (Å²) in [5.74, 6) is 1.98. The molecule has 8 heteroatoms. The molecule has 0 aliphatic heterocycles. The molecule has 3 aromatic rings. The van der Waals surface area contributed by atoms with Gasteiger partial charge in [0.1, 0.15) is 18.0 Å². The van der Waals surface area contributed by atoms with E-state index in [9.17, 15) is 4.79 Å². The largest absolute Gasteiger partial charge is 0.497 e. The van der Waals surface area contributed by atoms with Crippen molar-refractivity contribution >= 4 is 18.1 Å². The van der Waals surface area contributed by atoms with Crippen LogP contribution in [0.2, 0.25) is 0 Å². The number of benzene rings is 2. The van der Waals surface area contributed by atoms with Gasteiger partial charge in [0, 0.05) is 12.1 Å². The maximum Gasteiger partial charge on any atom is 0.240 e. The van der Waals surface area contributed by atoms with Crippen molar-refractivity contribution in [2.24, 2.45) is 0 Å². The summed E-state index contributed by atoms with van der Waals surface area (Å²) in [6.07, 6.45) is 0. The Bertz CT molecular complexity index is 1020. The number of H-pyrrole nitrogens is 1. The molecule has 0 aliphatic carbocycles. The third-order valence-corrected chi connectivity index (χ3v) is 4.68. The number of aryl methyl sites for hydroxylation is 1. The summed E-state index contributed by atoms with van der Waals surface area (Å²) in [5.41, 5.74) is 2.85. The van der Waals surface area contributed by atoms with Crippen LogP contribution in [0.1, 0.15) is 11.1 Å². The van der Waals surface area contributed by atoms with Gasteiger partial charge in [-0.3, -0.25) is 14.5 Å². The quantitative estimate of drug-likeness (QED) is 0.597. The molecule has 0 fully saturated rings. The summed E-state index contributed by atoms with van der Waals surface area (Å²) < 4.78 is 12.6. The van der Waals surface area contributed by atoms with Gasteiger partial charge in [-0.1, -0.05) is 12.1 Å². The van der Waals surface area contributed by atoms with Gasteiger partial charge in [-0.2, -0.15) is 5.10 Å². The molecule has 0 spiro atoms. The molecule has 0 aliphatic rings. The predicted molar refractivity (Wildman–Crippen MR) is 109 cm³/mol. The third-order valence-electron chi connectivity index (χ3n) is 4.37. The molecular formula is C20H22N4O3S. The zero-order valence-corrected chi connectivity index (χ0v) is 16.8. The summed E-state index contributed by atoms with van der Waals surface area (Å²) in [4.78, 5) is 12.5. The second-order valence-electron chi connectivity index (χ2n) is 6.25. The fourth-order valence-electron chi connectivity index (χ4n) is 2.80. The van der Waals surface area contributed by atoms with Crippen LogP contribution in [0.25, 0.3) is 11.4 Å². The number of aromatic nitrogens is 3. The van der Waals surface area contributed by atoms with Gasteiger partial charge in [-0.15, -0.1) is 0 Å². The lowest BCUT2D eigenvalue weighted by molar-refractivity contribution is -0.121. The Balaban J connectivity index is 1.70. The van der Waals surface area contributed by atoms with Crippen molar-refractivity contribution in [1.29, 1.82) is 0 Å². The number of nitrogens with zero attached hydrogens (tertiary/aromatic N) is 2. The first-order valence-electron chi connectivity index (χ1n) is 8.71. The van der Waals surface area contributed by atoms with E-state index in [1.54, 1.807) is 18.8 Å². The van der Waals surface area contributed by atoms with E-state index in [4.69, 9.17) is 21.7 Å². The van der Waals surface area contributed by atoms with Crippen molar-refractivity contribution in [3.05, 3.63) is 58.4 Å². The smallest absolute Gasteiger partial charge is 0.240 e. The minimum Gasteiger partial charge on any atom is -0.497 e. The summed E-state index contributed by atoms with van der Waals surface area (Å²) in [6.45, 7) is 2.45. The highest BCUT2D eigenvalue weighted by atomic mass is 32.1. The van der Waals surface area contributed by atoms with Crippen molar-refractivity contribution in [1.82, 2.24) is 20.1 Å². The number of rotatable bonds is 7. The van der Waals surface area contributed by atoms with Crippen LogP contribution in [0, 0.1) is 11.7 Å². The normalized spacial score (nSPS) is 10.5. The minimum atomic E-state index is -0.160. The zero-order chi connectivity index (χ0) is 20.1. The Hall–Kier alpha value is -3.13. The van der Waals surface area contributed by atoms with Crippen LogP contribution in [-0.4, -0.2) is 34.9 Å². The van der Waals surface area contributed by atoms with Gasteiger partial charge in [0.15, 0.2) is 10.6 Å². The van der Waals surface area contributed by atoms with E-state index in [2.05, 4.69) is 15.5 Å². The van der Waals surface area contributed by atoms with Crippen LogP contribution in [0.3, 0.4) is 0 Å². The lowest BCUT2D eigenvalue weighted by Crippen LogP contribution is -2.27. The van der Waals surface area contributed by atoms with Crippen LogP contribution < -0.4 is 14.8 Å². The standard InChI is InChI=1S/C20H22N4O3S/c1-13-4-5-14(10-17(13)27-3)11-21-18(25)12-24-19(22-23-20(24)28)15-6-8-16(26-2)9-7-15/h4-10H,11-12H2,1-3H3,(H,21,25)(H,23,28). The van der Waals surface area contributed by atoms with Crippen molar-refractivity contribution in [3.8, 4) is 22.9 Å². The highest BCUT2D eigenvalue weighted by Gasteiger charge is 2.13. The topological polar surface area (TPSA) is 81.2 Å². The summed E-state index contributed by atoms with van der Waals surface area (Å²) in [7, 11) is 3.24. The summed E-state index contributed by atoms with van der Waals surface area (Å²) in [6, 6.07) is 13.3. The number of carbonyl (C=O) groups is 1. The van der Waals surface area contributed by atoms with Gasteiger partial charge in [0.2, 0.25) is 5.91 Å². The van der Waals surface area contributed by atoms with Crippen molar-refractivity contribution < 1.29 is 14.3 Å².